The monoisotopic (exact) mass is 614 g/mol. The van der Waals surface area contributed by atoms with Gasteiger partial charge in [-0.1, -0.05) is 87.5 Å². The van der Waals surface area contributed by atoms with Crippen LogP contribution in [0.5, 0.6) is 11.5 Å². The van der Waals surface area contributed by atoms with Crippen molar-refractivity contribution in [3.63, 3.8) is 0 Å². The first-order chi connectivity index (χ1) is 21.8. The van der Waals surface area contributed by atoms with Gasteiger partial charge in [0.15, 0.2) is 0 Å². The largest absolute Gasteiger partial charge is 0.497 e. The van der Waals surface area contributed by atoms with Gasteiger partial charge in [-0.15, -0.1) is 0 Å². The molecule has 1 aliphatic rings. The van der Waals surface area contributed by atoms with Crippen LogP contribution in [0.4, 0.5) is 5.69 Å². The van der Waals surface area contributed by atoms with E-state index in [4.69, 9.17) is 9.47 Å². The molecule has 1 saturated heterocycles. The minimum absolute atomic E-state index is 0.195. The number of nitrogens with zero attached hydrogens (tertiary/aromatic N) is 1. The number of nitrogens with one attached hydrogen (secondary N) is 2. The van der Waals surface area contributed by atoms with Gasteiger partial charge >= 0.3 is 0 Å². The Morgan fingerprint density at radius 2 is 1.53 bits per heavy atom. The highest BCUT2D eigenvalue weighted by molar-refractivity contribution is 5.51. The van der Waals surface area contributed by atoms with Crippen molar-refractivity contribution in [2.45, 2.75) is 65.3 Å². The van der Waals surface area contributed by atoms with Crippen LogP contribution < -0.4 is 25.8 Å². The van der Waals surface area contributed by atoms with E-state index in [1.54, 1.807) is 14.2 Å². The molecule has 0 aliphatic carbocycles. The summed E-state index contributed by atoms with van der Waals surface area (Å²) < 4.78 is 10.3. The van der Waals surface area contributed by atoms with Crippen molar-refractivity contribution in [3.05, 3.63) is 115 Å². The van der Waals surface area contributed by atoms with Crippen molar-refractivity contribution in [2.75, 3.05) is 46.2 Å². The summed E-state index contributed by atoms with van der Waals surface area (Å²) >= 11 is 0. The summed E-state index contributed by atoms with van der Waals surface area (Å²) in [7, 11) is 4.86. The Morgan fingerprint density at radius 1 is 0.889 bits per heavy atom. The Balaban J connectivity index is 0.000000495. The maximum absolute atomic E-state index is 5.34. The summed E-state index contributed by atoms with van der Waals surface area (Å²) in [5, 5.41) is 7.01. The number of rotatable bonds is 14. The van der Waals surface area contributed by atoms with Gasteiger partial charge in [0.25, 0.3) is 0 Å². The molecule has 0 amide bonds. The maximum Gasteiger partial charge on any atom is 0.120 e. The molecule has 0 radical (unpaired) electrons. The van der Waals surface area contributed by atoms with E-state index in [1.165, 1.54) is 49.4 Å². The number of nitrogens with two attached hydrogens (primary N) is 1. The Bertz CT molecular complexity index is 1230. The Morgan fingerprint density at radius 3 is 2.09 bits per heavy atom. The summed E-state index contributed by atoms with van der Waals surface area (Å²) in [6.45, 7) is 18.6. The van der Waals surface area contributed by atoms with Crippen LogP contribution in [-0.2, 0) is 6.42 Å². The van der Waals surface area contributed by atoms with Gasteiger partial charge in [-0.05, 0) is 100.0 Å². The Labute approximate surface area is 273 Å². The fraction of sp³-hybridized carbons (Fsp3) is 0.436. The number of aryl methyl sites for hydroxylation is 1. The normalized spacial score (nSPS) is 14.4. The number of anilines is 1. The Kier molecular flexibility index (Phi) is 16.9. The molecule has 1 unspecified atom stereocenters. The van der Waals surface area contributed by atoms with E-state index >= 15 is 0 Å². The second-order valence-corrected chi connectivity index (χ2v) is 11.6. The van der Waals surface area contributed by atoms with E-state index < -0.39 is 0 Å². The summed E-state index contributed by atoms with van der Waals surface area (Å²) in [6.07, 6.45) is 7.06. The summed E-state index contributed by atoms with van der Waals surface area (Å²) in [6, 6.07) is 26.9. The van der Waals surface area contributed by atoms with Crippen LogP contribution in [0.1, 0.15) is 70.0 Å². The number of likely N-dealkylation sites (tertiary alicyclic amines) is 1. The summed E-state index contributed by atoms with van der Waals surface area (Å²) in [5.74, 6) is 2.55. The first-order valence-corrected chi connectivity index (χ1v) is 16.3. The van der Waals surface area contributed by atoms with Gasteiger partial charge in [-0.2, -0.15) is 0 Å². The topological polar surface area (TPSA) is 71.8 Å². The van der Waals surface area contributed by atoms with Crippen LogP contribution in [0.3, 0.4) is 0 Å². The molecule has 0 aromatic heterocycles. The fourth-order valence-electron chi connectivity index (χ4n) is 5.88. The van der Waals surface area contributed by atoms with Crippen molar-refractivity contribution in [1.29, 1.82) is 0 Å². The molecule has 3 aromatic carbocycles. The highest BCUT2D eigenvalue weighted by atomic mass is 16.5. The summed E-state index contributed by atoms with van der Waals surface area (Å²) in [4.78, 5) is 2.62. The van der Waals surface area contributed by atoms with Crippen LogP contribution in [0.2, 0.25) is 0 Å². The van der Waals surface area contributed by atoms with E-state index in [0.29, 0.717) is 5.41 Å². The lowest BCUT2D eigenvalue weighted by molar-refractivity contribution is 0.119. The minimum atomic E-state index is 0.195. The summed E-state index contributed by atoms with van der Waals surface area (Å²) in [5.41, 5.74) is 9.80. The molecule has 1 heterocycles. The van der Waals surface area contributed by atoms with Crippen molar-refractivity contribution < 1.29 is 9.47 Å². The predicted octanol–water partition coefficient (Wildman–Crippen LogP) is 8.59. The number of hydrogen-bond acceptors (Lipinski definition) is 6. The van der Waals surface area contributed by atoms with Crippen LogP contribution in [0.25, 0.3) is 0 Å². The van der Waals surface area contributed by atoms with Crippen LogP contribution in [0, 0.1) is 5.41 Å². The third-order valence-corrected chi connectivity index (χ3v) is 8.66. The molecule has 6 nitrogen and oxygen atoms in total. The average Bonchev–Trinajstić information content (AvgIpc) is 3.09. The number of hydrogen-bond donors (Lipinski definition) is 3. The lowest BCUT2D eigenvalue weighted by atomic mass is 9.70. The van der Waals surface area contributed by atoms with Gasteiger partial charge in [0, 0.05) is 18.3 Å². The maximum atomic E-state index is 5.34. The Hall–Kier alpha value is -3.74. The van der Waals surface area contributed by atoms with E-state index in [1.807, 2.05) is 36.4 Å². The van der Waals surface area contributed by atoms with E-state index in [9.17, 15) is 0 Å². The van der Waals surface area contributed by atoms with Crippen LogP contribution in [0.15, 0.2) is 103 Å². The van der Waals surface area contributed by atoms with E-state index in [2.05, 4.69) is 97.7 Å². The average molecular weight is 615 g/mol. The van der Waals surface area contributed by atoms with Crippen LogP contribution in [-0.4, -0.2) is 45.8 Å². The van der Waals surface area contributed by atoms with Gasteiger partial charge in [0.1, 0.15) is 11.5 Å². The first kappa shape index (κ1) is 37.4. The molecule has 0 spiro atoms. The van der Waals surface area contributed by atoms with Crippen molar-refractivity contribution in [2.24, 2.45) is 11.1 Å². The second-order valence-electron chi connectivity index (χ2n) is 11.6. The van der Waals surface area contributed by atoms with E-state index in [0.717, 1.165) is 55.5 Å². The van der Waals surface area contributed by atoms with Gasteiger partial charge in [0.05, 0.1) is 26.1 Å². The predicted molar refractivity (Wildman–Crippen MR) is 193 cm³/mol. The third kappa shape index (κ3) is 12.3. The fourth-order valence-corrected chi connectivity index (χ4v) is 5.88. The molecule has 4 N–H and O–H groups in total. The lowest BCUT2D eigenvalue weighted by Crippen LogP contribution is -2.41. The van der Waals surface area contributed by atoms with Gasteiger partial charge in [-0.3, -0.25) is 0 Å². The molecule has 1 atom stereocenters. The number of methoxy groups -OCH3 is 2. The second kappa shape index (κ2) is 20.3. The molecule has 45 heavy (non-hydrogen) atoms. The lowest BCUT2D eigenvalue weighted by Gasteiger charge is -2.43. The molecule has 6 heteroatoms. The van der Waals surface area contributed by atoms with Crippen LogP contribution >= 0.6 is 0 Å². The van der Waals surface area contributed by atoms with Gasteiger partial charge in [0.2, 0.25) is 0 Å². The number of allylic oxidation sites excluding steroid dienone is 1. The zero-order chi connectivity index (χ0) is 33.1. The molecule has 0 bridgehead atoms. The number of piperidine rings is 1. The SMILES string of the molecule is C=C(Nc1cccc(OC)c1)NC(CCN1CCC(CCC)(C(=C)C)CC1)c1ccccc1.CCc1ccc(OC)cc1.CN. The zero-order valence-corrected chi connectivity index (χ0v) is 28.7. The zero-order valence-electron chi connectivity index (χ0n) is 28.7. The molecule has 4 rings (SSSR count). The van der Waals surface area contributed by atoms with Gasteiger partial charge < -0.3 is 30.7 Å². The number of benzene rings is 3. The molecular weight excluding hydrogens is 556 g/mol. The molecule has 246 valence electrons. The quantitative estimate of drug-likeness (QED) is 0.158. The minimum Gasteiger partial charge on any atom is -0.497 e. The highest BCUT2D eigenvalue weighted by Gasteiger charge is 2.34. The third-order valence-electron chi connectivity index (χ3n) is 8.66. The molecule has 1 fully saturated rings. The highest BCUT2D eigenvalue weighted by Crippen LogP contribution is 2.42. The van der Waals surface area contributed by atoms with Crippen molar-refractivity contribution in [3.8, 4) is 11.5 Å². The van der Waals surface area contributed by atoms with E-state index in [-0.39, 0.29) is 6.04 Å². The smallest absolute Gasteiger partial charge is 0.120 e. The van der Waals surface area contributed by atoms with Crippen molar-refractivity contribution >= 4 is 5.69 Å². The molecular formula is C39H58N4O2. The molecule has 1 aliphatic heterocycles. The number of ether oxygens (including phenoxy) is 2. The van der Waals surface area contributed by atoms with Crippen molar-refractivity contribution in [1.82, 2.24) is 10.2 Å². The molecule has 0 saturated carbocycles. The molecule has 3 aromatic rings. The first-order valence-electron chi connectivity index (χ1n) is 16.3. The van der Waals surface area contributed by atoms with Gasteiger partial charge in [-0.25, -0.2) is 0 Å². The standard InChI is InChI=1S/C29H41N3O.C9H12O.CH5N/c1-6-16-29(23(2)3)17-20-32(21-18-29)19-15-28(25-11-8-7-9-12-25)31-24(4)30-26-13-10-14-27(22-26)33-5;1-3-8-4-6-9(10-2)7-5-8;1-2/h7-14,22,28,30-31H,2,4,6,15-21H2,1,3,5H3;4-7H,3H2,1-2H3;2H2,1H3.